The zero-order valence-corrected chi connectivity index (χ0v) is 19.2. The Hall–Kier alpha value is -3.70. The first-order valence-corrected chi connectivity index (χ1v) is 11.9. The van der Waals surface area contributed by atoms with Crippen molar-refractivity contribution in [2.45, 2.75) is 32.0 Å². The number of fused-ring (bicyclic) bond motifs is 1. The van der Waals surface area contributed by atoms with Crippen molar-refractivity contribution >= 4 is 16.8 Å². The lowest BCUT2D eigenvalue weighted by atomic mass is 10.0. The maximum absolute atomic E-state index is 12.8. The number of nitrogens with zero attached hydrogens (tertiary/aromatic N) is 2. The SMILES string of the molecule is O=C(NC1CCN(Cc2ccccc2)CC1)c1ccc(OCc2ccnc3ccccc23)cc1. The van der Waals surface area contributed by atoms with Crippen molar-refractivity contribution < 1.29 is 9.53 Å². The minimum Gasteiger partial charge on any atom is -0.489 e. The number of hydrogen-bond donors (Lipinski definition) is 1. The second-order valence-electron chi connectivity index (χ2n) is 8.81. The molecular weight excluding hydrogens is 422 g/mol. The van der Waals surface area contributed by atoms with E-state index in [4.69, 9.17) is 4.74 Å². The minimum absolute atomic E-state index is 0.0202. The molecule has 4 aromatic rings. The first-order valence-electron chi connectivity index (χ1n) is 11.9. The van der Waals surface area contributed by atoms with Gasteiger partial charge >= 0.3 is 0 Å². The summed E-state index contributed by atoms with van der Waals surface area (Å²) in [6.07, 6.45) is 3.75. The molecular formula is C29H29N3O2. The first kappa shape index (κ1) is 22.1. The van der Waals surface area contributed by atoms with Crippen LogP contribution in [0.25, 0.3) is 10.9 Å². The number of piperidine rings is 1. The number of para-hydroxylation sites is 1. The quantitative estimate of drug-likeness (QED) is 0.419. The molecule has 0 aliphatic carbocycles. The summed E-state index contributed by atoms with van der Waals surface area (Å²) in [6.45, 7) is 3.42. The van der Waals surface area contributed by atoms with Gasteiger partial charge in [-0.15, -0.1) is 0 Å². The van der Waals surface area contributed by atoms with Gasteiger partial charge in [0.15, 0.2) is 0 Å². The van der Waals surface area contributed by atoms with Crippen LogP contribution < -0.4 is 10.1 Å². The number of carbonyl (C=O) groups excluding carboxylic acids is 1. The van der Waals surface area contributed by atoms with Crippen molar-refractivity contribution in [1.29, 1.82) is 0 Å². The molecule has 1 amide bonds. The first-order chi connectivity index (χ1) is 16.7. The Labute approximate surface area is 200 Å². The third-order valence-electron chi connectivity index (χ3n) is 6.42. The Kier molecular flexibility index (Phi) is 6.82. The largest absolute Gasteiger partial charge is 0.489 e. The Morgan fingerprint density at radius 3 is 2.44 bits per heavy atom. The monoisotopic (exact) mass is 451 g/mol. The number of benzene rings is 3. The van der Waals surface area contributed by atoms with Crippen molar-refractivity contribution in [2.75, 3.05) is 13.1 Å². The van der Waals surface area contributed by atoms with Crippen molar-refractivity contribution in [1.82, 2.24) is 15.2 Å². The topological polar surface area (TPSA) is 54.5 Å². The zero-order chi connectivity index (χ0) is 23.2. The lowest BCUT2D eigenvalue weighted by Crippen LogP contribution is -2.44. The highest BCUT2D eigenvalue weighted by Gasteiger charge is 2.21. The van der Waals surface area contributed by atoms with Crippen LogP contribution in [0.3, 0.4) is 0 Å². The molecule has 3 aromatic carbocycles. The third-order valence-corrected chi connectivity index (χ3v) is 6.42. The molecule has 5 nitrogen and oxygen atoms in total. The molecule has 0 atom stereocenters. The highest BCUT2D eigenvalue weighted by atomic mass is 16.5. The van der Waals surface area contributed by atoms with Gasteiger partial charge in [-0.3, -0.25) is 14.7 Å². The second kappa shape index (κ2) is 10.5. The van der Waals surface area contributed by atoms with E-state index in [0.29, 0.717) is 12.2 Å². The highest BCUT2D eigenvalue weighted by Crippen LogP contribution is 2.20. The Bertz CT molecular complexity index is 1230. The standard InChI is InChI=1S/C29H29N3O2/c33-29(31-25-15-18-32(19-16-25)20-22-6-2-1-3-7-22)23-10-12-26(13-11-23)34-21-24-14-17-30-28-9-5-4-8-27(24)28/h1-14,17,25H,15-16,18-21H2,(H,31,33). The number of rotatable bonds is 7. The third kappa shape index (κ3) is 5.43. The molecule has 0 bridgehead atoms. The molecule has 1 saturated heterocycles. The number of hydrogen-bond acceptors (Lipinski definition) is 4. The van der Waals surface area contributed by atoms with Gasteiger partial charge in [0.25, 0.3) is 5.91 Å². The average Bonchev–Trinajstić information content (AvgIpc) is 2.89. The molecule has 1 aliphatic heterocycles. The van der Waals surface area contributed by atoms with Crippen LogP contribution in [0.5, 0.6) is 5.75 Å². The summed E-state index contributed by atoms with van der Waals surface area (Å²) in [4.78, 5) is 19.6. The minimum atomic E-state index is -0.0202. The van der Waals surface area contributed by atoms with Crippen LogP contribution in [0.4, 0.5) is 0 Å². The Morgan fingerprint density at radius 2 is 1.65 bits per heavy atom. The Balaban J connectivity index is 1.11. The zero-order valence-electron chi connectivity index (χ0n) is 19.2. The maximum Gasteiger partial charge on any atom is 0.251 e. The molecule has 0 radical (unpaired) electrons. The van der Waals surface area contributed by atoms with Crippen molar-refractivity contribution in [3.63, 3.8) is 0 Å². The molecule has 172 valence electrons. The molecule has 1 aliphatic rings. The molecule has 2 heterocycles. The van der Waals surface area contributed by atoms with E-state index >= 15 is 0 Å². The fourth-order valence-electron chi connectivity index (χ4n) is 4.49. The van der Waals surface area contributed by atoms with E-state index in [-0.39, 0.29) is 11.9 Å². The van der Waals surface area contributed by atoms with Gasteiger partial charge in [-0.05, 0) is 54.8 Å². The van der Waals surface area contributed by atoms with Crippen molar-refractivity contribution in [3.8, 4) is 5.75 Å². The Morgan fingerprint density at radius 1 is 0.912 bits per heavy atom. The van der Waals surface area contributed by atoms with Gasteiger partial charge in [0.05, 0.1) is 5.52 Å². The number of nitrogens with one attached hydrogen (secondary N) is 1. The summed E-state index contributed by atoms with van der Waals surface area (Å²) < 4.78 is 5.98. The summed E-state index contributed by atoms with van der Waals surface area (Å²) in [5.74, 6) is 0.722. The summed E-state index contributed by atoms with van der Waals surface area (Å²) in [5.41, 5.74) is 4.05. The van der Waals surface area contributed by atoms with Gasteiger partial charge in [0.1, 0.15) is 12.4 Å². The molecule has 1 aromatic heterocycles. The van der Waals surface area contributed by atoms with E-state index in [1.807, 2.05) is 54.6 Å². The van der Waals surface area contributed by atoms with E-state index in [0.717, 1.165) is 54.7 Å². The normalized spacial score (nSPS) is 14.7. The van der Waals surface area contributed by atoms with Crippen LogP contribution in [0.15, 0.2) is 91.1 Å². The van der Waals surface area contributed by atoms with E-state index in [1.54, 1.807) is 6.20 Å². The predicted octanol–water partition coefficient (Wildman–Crippen LogP) is 5.21. The van der Waals surface area contributed by atoms with E-state index < -0.39 is 0 Å². The number of likely N-dealkylation sites (tertiary alicyclic amines) is 1. The van der Waals surface area contributed by atoms with Crippen molar-refractivity contribution in [3.05, 3.63) is 108 Å². The lowest BCUT2D eigenvalue weighted by molar-refractivity contribution is 0.0909. The molecule has 0 spiro atoms. The summed E-state index contributed by atoms with van der Waals surface area (Å²) in [7, 11) is 0. The summed E-state index contributed by atoms with van der Waals surface area (Å²) >= 11 is 0. The van der Waals surface area contributed by atoms with Crippen LogP contribution in [-0.2, 0) is 13.2 Å². The van der Waals surface area contributed by atoms with Crippen LogP contribution in [0.2, 0.25) is 0 Å². The fourth-order valence-corrected chi connectivity index (χ4v) is 4.49. The summed E-state index contributed by atoms with van der Waals surface area (Å²) in [5, 5.41) is 4.30. The number of aromatic nitrogens is 1. The molecule has 34 heavy (non-hydrogen) atoms. The summed E-state index contributed by atoms with van der Waals surface area (Å²) in [6, 6.07) is 28.2. The van der Waals surface area contributed by atoms with Crippen LogP contribution in [0.1, 0.15) is 34.3 Å². The molecule has 0 saturated carbocycles. The van der Waals surface area contributed by atoms with E-state index in [2.05, 4.69) is 45.5 Å². The van der Waals surface area contributed by atoms with Gasteiger partial charge in [0, 0.05) is 48.4 Å². The number of pyridine rings is 1. The second-order valence-corrected chi connectivity index (χ2v) is 8.81. The lowest BCUT2D eigenvalue weighted by Gasteiger charge is -2.32. The molecule has 1 N–H and O–H groups in total. The average molecular weight is 452 g/mol. The van der Waals surface area contributed by atoms with E-state index in [9.17, 15) is 4.79 Å². The number of amides is 1. The van der Waals surface area contributed by atoms with Gasteiger partial charge in [-0.1, -0.05) is 48.5 Å². The van der Waals surface area contributed by atoms with Crippen LogP contribution in [0, 0.1) is 0 Å². The smallest absolute Gasteiger partial charge is 0.251 e. The highest BCUT2D eigenvalue weighted by molar-refractivity contribution is 5.94. The van der Waals surface area contributed by atoms with Crippen molar-refractivity contribution in [2.24, 2.45) is 0 Å². The van der Waals surface area contributed by atoms with E-state index in [1.165, 1.54) is 5.56 Å². The van der Waals surface area contributed by atoms with Crippen LogP contribution >= 0.6 is 0 Å². The predicted molar refractivity (Wildman–Crippen MR) is 135 cm³/mol. The van der Waals surface area contributed by atoms with Gasteiger partial charge < -0.3 is 10.1 Å². The fraction of sp³-hybridized carbons (Fsp3) is 0.241. The van der Waals surface area contributed by atoms with Gasteiger partial charge in [0.2, 0.25) is 0 Å². The molecule has 1 fully saturated rings. The molecule has 0 unspecified atom stereocenters. The van der Waals surface area contributed by atoms with Crippen LogP contribution in [-0.4, -0.2) is 34.9 Å². The molecule has 5 heteroatoms. The molecule has 5 rings (SSSR count). The number of carbonyl (C=O) groups is 1. The number of ether oxygens (including phenoxy) is 1. The maximum atomic E-state index is 12.8. The van der Waals surface area contributed by atoms with Gasteiger partial charge in [-0.2, -0.15) is 0 Å². The van der Waals surface area contributed by atoms with Gasteiger partial charge in [-0.25, -0.2) is 0 Å².